The highest BCUT2D eigenvalue weighted by molar-refractivity contribution is 6.31. The van der Waals surface area contributed by atoms with Crippen molar-refractivity contribution in [2.24, 2.45) is 0 Å². The van der Waals surface area contributed by atoms with Gasteiger partial charge >= 0.3 is 0 Å². The number of likely N-dealkylation sites (N-methyl/N-ethyl adjacent to an activating group) is 1. The summed E-state index contributed by atoms with van der Waals surface area (Å²) in [5, 5.41) is 3.96. The van der Waals surface area contributed by atoms with Crippen molar-refractivity contribution >= 4 is 11.6 Å². The van der Waals surface area contributed by atoms with Crippen LogP contribution in [0.15, 0.2) is 12.3 Å². The predicted molar refractivity (Wildman–Crippen MR) is 82.4 cm³/mol. The number of hydrogen-bond donors (Lipinski definition) is 1. The fourth-order valence-corrected chi connectivity index (χ4v) is 2.64. The molecule has 112 valence electrons. The van der Waals surface area contributed by atoms with Crippen molar-refractivity contribution in [3.8, 4) is 5.88 Å². The molecular formula is C15H24ClN3O. The SMILES string of the molecule is CCNCc1cc(OCC2CCCCN2C)ncc1Cl. The molecule has 1 aromatic heterocycles. The summed E-state index contributed by atoms with van der Waals surface area (Å²) in [7, 11) is 2.17. The summed E-state index contributed by atoms with van der Waals surface area (Å²) < 4.78 is 5.85. The fraction of sp³-hybridized carbons (Fsp3) is 0.667. The fourth-order valence-electron chi connectivity index (χ4n) is 2.47. The van der Waals surface area contributed by atoms with Crippen molar-refractivity contribution in [3.63, 3.8) is 0 Å². The Morgan fingerprint density at radius 3 is 3.10 bits per heavy atom. The highest BCUT2D eigenvalue weighted by Crippen LogP contribution is 2.21. The molecule has 1 aromatic rings. The van der Waals surface area contributed by atoms with Gasteiger partial charge in [0.05, 0.1) is 5.02 Å². The van der Waals surface area contributed by atoms with Crippen LogP contribution in [0.25, 0.3) is 0 Å². The van der Waals surface area contributed by atoms with Gasteiger partial charge in [-0.05, 0) is 38.5 Å². The molecule has 1 saturated heterocycles. The first kappa shape index (κ1) is 15.5. The van der Waals surface area contributed by atoms with E-state index in [4.69, 9.17) is 16.3 Å². The minimum absolute atomic E-state index is 0.499. The van der Waals surface area contributed by atoms with Crippen molar-refractivity contribution in [1.82, 2.24) is 15.2 Å². The minimum atomic E-state index is 0.499. The Balaban J connectivity index is 1.91. The number of ether oxygens (including phenoxy) is 1. The van der Waals surface area contributed by atoms with E-state index in [0.29, 0.717) is 23.6 Å². The van der Waals surface area contributed by atoms with Gasteiger partial charge in [0.15, 0.2) is 0 Å². The molecule has 1 aliphatic heterocycles. The van der Waals surface area contributed by atoms with Gasteiger partial charge in [-0.25, -0.2) is 4.98 Å². The number of pyridine rings is 1. The monoisotopic (exact) mass is 297 g/mol. The number of likely N-dealkylation sites (tertiary alicyclic amines) is 1. The van der Waals surface area contributed by atoms with E-state index in [0.717, 1.165) is 25.2 Å². The summed E-state index contributed by atoms with van der Waals surface area (Å²) in [5.74, 6) is 0.668. The molecule has 20 heavy (non-hydrogen) atoms. The number of nitrogens with one attached hydrogen (secondary N) is 1. The second-order valence-corrected chi connectivity index (χ2v) is 5.74. The molecular weight excluding hydrogens is 274 g/mol. The van der Waals surface area contributed by atoms with E-state index >= 15 is 0 Å². The third kappa shape index (κ3) is 4.33. The van der Waals surface area contributed by atoms with Gasteiger partial charge in [0.1, 0.15) is 6.61 Å². The lowest BCUT2D eigenvalue weighted by Gasteiger charge is -2.31. The highest BCUT2D eigenvalue weighted by Gasteiger charge is 2.19. The highest BCUT2D eigenvalue weighted by atomic mass is 35.5. The number of halogens is 1. The van der Waals surface area contributed by atoms with Crippen LogP contribution >= 0.6 is 11.6 Å². The molecule has 1 aliphatic rings. The number of hydrogen-bond acceptors (Lipinski definition) is 4. The second kappa shape index (κ2) is 7.81. The van der Waals surface area contributed by atoms with Crippen LogP contribution in [-0.2, 0) is 6.54 Å². The van der Waals surface area contributed by atoms with Gasteiger partial charge in [-0.1, -0.05) is 24.9 Å². The van der Waals surface area contributed by atoms with Gasteiger partial charge in [0, 0.05) is 24.8 Å². The molecule has 0 aliphatic carbocycles. The van der Waals surface area contributed by atoms with Gasteiger partial charge in [-0.2, -0.15) is 0 Å². The molecule has 5 heteroatoms. The number of nitrogens with zero attached hydrogens (tertiary/aromatic N) is 2. The van der Waals surface area contributed by atoms with Crippen molar-refractivity contribution in [2.75, 3.05) is 26.7 Å². The Morgan fingerprint density at radius 2 is 2.35 bits per heavy atom. The molecule has 0 radical (unpaired) electrons. The average molecular weight is 298 g/mol. The van der Waals surface area contributed by atoms with E-state index in [1.165, 1.54) is 19.3 Å². The standard InChI is InChI=1S/C15H24ClN3O/c1-3-17-9-12-8-15(18-10-14(12)16)20-11-13-6-4-5-7-19(13)2/h8,10,13,17H,3-7,9,11H2,1-2H3. The van der Waals surface area contributed by atoms with Crippen LogP contribution < -0.4 is 10.1 Å². The van der Waals surface area contributed by atoms with Gasteiger partial charge in [0.25, 0.3) is 0 Å². The minimum Gasteiger partial charge on any atom is -0.476 e. The average Bonchev–Trinajstić information content (AvgIpc) is 2.46. The van der Waals surface area contributed by atoms with E-state index < -0.39 is 0 Å². The number of rotatable bonds is 6. The number of piperidine rings is 1. The van der Waals surface area contributed by atoms with E-state index in [1.54, 1.807) is 6.20 Å². The Bertz CT molecular complexity index is 428. The first-order valence-electron chi connectivity index (χ1n) is 7.39. The smallest absolute Gasteiger partial charge is 0.213 e. The van der Waals surface area contributed by atoms with Crippen LogP contribution in [0.5, 0.6) is 5.88 Å². The topological polar surface area (TPSA) is 37.4 Å². The van der Waals surface area contributed by atoms with Crippen LogP contribution in [0.2, 0.25) is 5.02 Å². The summed E-state index contributed by atoms with van der Waals surface area (Å²) in [6.45, 7) is 5.60. The number of aromatic nitrogens is 1. The molecule has 0 amide bonds. The zero-order valence-electron chi connectivity index (χ0n) is 12.4. The zero-order chi connectivity index (χ0) is 14.4. The maximum atomic E-state index is 6.14. The second-order valence-electron chi connectivity index (χ2n) is 5.34. The van der Waals surface area contributed by atoms with Crippen molar-refractivity contribution in [1.29, 1.82) is 0 Å². The molecule has 4 nitrogen and oxygen atoms in total. The van der Waals surface area contributed by atoms with Crippen LogP contribution in [0.4, 0.5) is 0 Å². The molecule has 0 bridgehead atoms. The third-order valence-electron chi connectivity index (χ3n) is 3.82. The quantitative estimate of drug-likeness (QED) is 0.876. The van der Waals surface area contributed by atoms with Crippen LogP contribution in [0.3, 0.4) is 0 Å². The Morgan fingerprint density at radius 1 is 1.50 bits per heavy atom. The maximum Gasteiger partial charge on any atom is 0.213 e. The normalized spacial score (nSPS) is 20.1. The molecule has 1 fully saturated rings. The van der Waals surface area contributed by atoms with Gasteiger partial charge < -0.3 is 15.0 Å². The molecule has 2 heterocycles. The summed E-state index contributed by atoms with van der Waals surface area (Å²) in [6, 6.07) is 2.44. The van der Waals surface area contributed by atoms with Gasteiger partial charge in [-0.3, -0.25) is 0 Å². The molecule has 1 atom stereocenters. The first-order chi connectivity index (χ1) is 9.70. The van der Waals surface area contributed by atoms with Crippen molar-refractivity contribution in [2.45, 2.75) is 38.8 Å². The molecule has 1 N–H and O–H groups in total. The van der Waals surface area contributed by atoms with E-state index in [1.807, 2.05) is 6.07 Å². The Labute approximate surface area is 126 Å². The molecule has 0 saturated carbocycles. The Hall–Kier alpha value is -0.840. The van der Waals surface area contributed by atoms with E-state index in [9.17, 15) is 0 Å². The lowest BCUT2D eigenvalue weighted by Crippen LogP contribution is -2.40. The Kier molecular flexibility index (Phi) is 6.07. The van der Waals surface area contributed by atoms with Crippen LogP contribution in [0, 0.1) is 0 Å². The van der Waals surface area contributed by atoms with E-state index in [2.05, 4.69) is 29.2 Å². The third-order valence-corrected chi connectivity index (χ3v) is 4.16. The zero-order valence-corrected chi connectivity index (χ0v) is 13.1. The molecule has 1 unspecified atom stereocenters. The summed E-state index contributed by atoms with van der Waals surface area (Å²) >= 11 is 6.14. The van der Waals surface area contributed by atoms with Crippen molar-refractivity contribution in [3.05, 3.63) is 22.8 Å². The summed E-state index contributed by atoms with van der Waals surface area (Å²) in [4.78, 5) is 6.63. The summed E-state index contributed by atoms with van der Waals surface area (Å²) in [6.07, 6.45) is 5.46. The summed E-state index contributed by atoms with van der Waals surface area (Å²) in [5.41, 5.74) is 1.04. The van der Waals surface area contributed by atoms with E-state index in [-0.39, 0.29) is 0 Å². The molecule has 0 aromatic carbocycles. The lowest BCUT2D eigenvalue weighted by atomic mass is 10.0. The first-order valence-corrected chi connectivity index (χ1v) is 7.76. The molecule has 2 rings (SSSR count). The maximum absolute atomic E-state index is 6.14. The lowest BCUT2D eigenvalue weighted by molar-refractivity contribution is 0.122. The van der Waals surface area contributed by atoms with Crippen LogP contribution in [0.1, 0.15) is 31.7 Å². The van der Waals surface area contributed by atoms with Gasteiger partial charge in [0.2, 0.25) is 5.88 Å². The van der Waals surface area contributed by atoms with Crippen LogP contribution in [-0.4, -0.2) is 42.7 Å². The van der Waals surface area contributed by atoms with Crippen molar-refractivity contribution < 1.29 is 4.74 Å². The largest absolute Gasteiger partial charge is 0.476 e. The molecule has 0 spiro atoms. The van der Waals surface area contributed by atoms with Gasteiger partial charge in [-0.15, -0.1) is 0 Å². The predicted octanol–water partition coefficient (Wildman–Crippen LogP) is 2.71.